The van der Waals surface area contributed by atoms with Crippen molar-refractivity contribution in [3.8, 4) is 6.07 Å². The maximum absolute atomic E-state index is 9.44. The van der Waals surface area contributed by atoms with Gasteiger partial charge in [-0.15, -0.1) is 0 Å². The summed E-state index contributed by atoms with van der Waals surface area (Å²) in [5, 5.41) is 9.44. The Morgan fingerprint density at radius 3 is 3.11 bits per heavy atom. The third kappa shape index (κ3) is 2.12. The fraction of sp³-hybridized carbons (Fsp3) is 0.571. The van der Waals surface area contributed by atoms with Gasteiger partial charge in [0.05, 0.1) is 6.07 Å². The van der Waals surface area contributed by atoms with Gasteiger partial charge in [-0.3, -0.25) is 14.8 Å². The van der Waals surface area contributed by atoms with E-state index in [1.54, 1.807) is 6.20 Å². The highest BCUT2D eigenvalue weighted by molar-refractivity contribution is 5.21. The van der Waals surface area contributed by atoms with Gasteiger partial charge in [-0.05, 0) is 25.5 Å². The first-order chi connectivity index (χ1) is 8.88. The van der Waals surface area contributed by atoms with E-state index in [1.807, 2.05) is 18.3 Å². The lowest BCUT2D eigenvalue weighted by Crippen LogP contribution is -2.50. The van der Waals surface area contributed by atoms with Gasteiger partial charge >= 0.3 is 0 Å². The monoisotopic (exact) mass is 242 g/mol. The molecule has 1 aromatic rings. The van der Waals surface area contributed by atoms with E-state index in [2.05, 4.69) is 20.9 Å². The number of hydrogen-bond acceptors (Lipinski definition) is 4. The predicted octanol–water partition coefficient (Wildman–Crippen LogP) is 1.43. The molecule has 3 rings (SSSR count). The molecule has 4 heteroatoms. The minimum Gasteiger partial charge on any atom is -0.298 e. The van der Waals surface area contributed by atoms with E-state index < -0.39 is 0 Å². The van der Waals surface area contributed by atoms with Crippen LogP contribution in [0.5, 0.6) is 0 Å². The first-order valence-corrected chi connectivity index (χ1v) is 6.66. The topological polar surface area (TPSA) is 43.2 Å². The Bertz CT molecular complexity index is 439. The van der Waals surface area contributed by atoms with E-state index in [4.69, 9.17) is 0 Å². The maximum atomic E-state index is 9.44. The summed E-state index contributed by atoms with van der Waals surface area (Å²) < 4.78 is 0. The highest BCUT2D eigenvalue weighted by Crippen LogP contribution is 2.27. The summed E-state index contributed by atoms with van der Waals surface area (Å²) >= 11 is 0. The highest BCUT2D eigenvalue weighted by Gasteiger charge is 2.33. The lowest BCUT2D eigenvalue weighted by Gasteiger charge is -2.39. The Balaban J connectivity index is 1.75. The molecule has 94 valence electrons. The number of piperazine rings is 1. The van der Waals surface area contributed by atoms with Crippen LogP contribution in [0.1, 0.15) is 24.4 Å². The minimum atomic E-state index is -0.138. The molecule has 1 unspecified atom stereocenters. The summed E-state index contributed by atoms with van der Waals surface area (Å²) in [5.41, 5.74) is 1.02. The van der Waals surface area contributed by atoms with Crippen molar-refractivity contribution in [1.82, 2.24) is 14.8 Å². The van der Waals surface area contributed by atoms with Crippen LogP contribution in [-0.2, 0) is 0 Å². The molecule has 0 amide bonds. The van der Waals surface area contributed by atoms with Crippen LogP contribution in [-0.4, -0.2) is 47.0 Å². The second kappa shape index (κ2) is 5.05. The molecule has 0 aliphatic carbocycles. The molecule has 3 heterocycles. The zero-order valence-electron chi connectivity index (χ0n) is 10.5. The standard InChI is InChI=1S/C14H18N4/c15-9-14(12-3-1-5-16-10-12)18-8-7-17-6-2-4-13(17)11-18/h1,3,5,10,13-14H,2,4,6-8,11H2/t13-,14?/m1/s1. The second-order valence-corrected chi connectivity index (χ2v) is 5.14. The van der Waals surface area contributed by atoms with Gasteiger partial charge < -0.3 is 0 Å². The van der Waals surface area contributed by atoms with Crippen LogP contribution in [0.3, 0.4) is 0 Å². The third-order valence-electron chi connectivity index (χ3n) is 4.11. The lowest BCUT2D eigenvalue weighted by molar-refractivity contribution is 0.0875. The van der Waals surface area contributed by atoms with Crippen molar-refractivity contribution >= 4 is 0 Å². The number of nitriles is 1. The van der Waals surface area contributed by atoms with Crippen LogP contribution >= 0.6 is 0 Å². The van der Waals surface area contributed by atoms with Crippen molar-refractivity contribution in [3.63, 3.8) is 0 Å². The van der Waals surface area contributed by atoms with E-state index >= 15 is 0 Å². The Hall–Kier alpha value is -1.44. The fourth-order valence-corrected chi connectivity index (χ4v) is 3.15. The first kappa shape index (κ1) is 11.6. The summed E-state index contributed by atoms with van der Waals surface area (Å²) in [7, 11) is 0. The molecule has 2 aliphatic rings. The SMILES string of the molecule is N#CC(c1cccnc1)N1CCN2CCC[C@@H]2C1. The third-order valence-corrected chi connectivity index (χ3v) is 4.11. The molecule has 0 bridgehead atoms. The molecule has 2 aliphatic heterocycles. The Labute approximate surface area is 108 Å². The van der Waals surface area contributed by atoms with Crippen LogP contribution in [0.25, 0.3) is 0 Å². The van der Waals surface area contributed by atoms with Gasteiger partial charge in [-0.1, -0.05) is 6.07 Å². The van der Waals surface area contributed by atoms with Crippen molar-refractivity contribution in [1.29, 1.82) is 5.26 Å². The molecular formula is C14H18N4. The predicted molar refractivity (Wildman–Crippen MR) is 68.8 cm³/mol. The molecule has 0 spiro atoms. The van der Waals surface area contributed by atoms with Crippen molar-refractivity contribution in [2.24, 2.45) is 0 Å². The molecular weight excluding hydrogens is 224 g/mol. The van der Waals surface area contributed by atoms with Crippen LogP contribution < -0.4 is 0 Å². The molecule has 2 atom stereocenters. The quantitative estimate of drug-likeness (QED) is 0.787. The summed E-state index contributed by atoms with van der Waals surface area (Å²) in [6.07, 6.45) is 6.16. The van der Waals surface area contributed by atoms with E-state index in [0.29, 0.717) is 6.04 Å². The average Bonchev–Trinajstić information content (AvgIpc) is 2.88. The van der Waals surface area contributed by atoms with Gasteiger partial charge in [0.25, 0.3) is 0 Å². The molecule has 0 aromatic carbocycles. The van der Waals surface area contributed by atoms with E-state index in [9.17, 15) is 5.26 Å². The fourth-order valence-electron chi connectivity index (χ4n) is 3.15. The normalized spacial score (nSPS) is 26.5. The Morgan fingerprint density at radius 1 is 1.39 bits per heavy atom. The molecule has 4 nitrogen and oxygen atoms in total. The van der Waals surface area contributed by atoms with Gasteiger partial charge in [0.2, 0.25) is 0 Å². The van der Waals surface area contributed by atoms with Crippen molar-refractivity contribution in [2.45, 2.75) is 24.9 Å². The van der Waals surface area contributed by atoms with Gasteiger partial charge in [0.1, 0.15) is 6.04 Å². The van der Waals surface area contributed by atoms with Crippen LogP contribution in [0, 0.1) is 11.3 Å². The summed E-state index contributed by atoms with van der Waals surface area (Å²) in [5.74, 6) is 0. The molecule has 2 fully saturated rings. The molecule has 18 heavy (non-hydrogen) atoms. The Kier molecular flexibility index (Phi) is 3.26. The lowest BCUT2D eigenvalue weighted by atomic mass is 10.1. The van der Waals surface area contributed by atoms with Crippen molar-refractivity contribution < 1.29 is 0 Å². The first-order valence-electron chi connectivity index (χ1n) is 6.66. The molecule has 0 saturated carbocycles. The number of hydrogen-bond donors (Lipinski definition) is 0. The van der Waals surface area contributed by atoms with Gasteiger partial charge in [0, 0.05) is 43.6 Å². The van der Waals surface area contributed by atoms with Crippen LogP contribution in [0.2, 0.25) is 0 Å². The summed E-state index contributed by atoms with van der Waals surface area (Å²) in [4.78, 5) is 9.00. The van der Waals surface area contributed by atoms with E-state index in [1.165, 1.54) is 19.4 Å². The molecule has 0 N–H and O–H groups in total. The maximum Gasteiger partial charge on any atom is 0.125 e. The largest absolute Gasteiger partial charge is 0.298 e. The molecule has 1 aromatic heterocycles. The zero-order valence-corrected chi connectivity index (χ0v) is 10.5. The van der Waals surface area contributed by atoms with E-state index in [0.717, 1.165) is 25.2 Å². The summed E-state index contributed by atoms with van der Waals surface area (Å²) in [6, 6.07) is 6.87. The number of pyridine rings is 1. The molecule has 2 saturated heterocycles. The second-order valence-electron chi connectivity index (χ2n) is 5.14. The van der Waals surface area contributed by atoms with Gasteiger partial charge in [0.15, 0.2) is 0 Å². The Morgan fingerprint density at radius 2 is 2.33 bits per heavy atom. The van der Waals surface area contributed by atoms with Crippen molar-refractivity contribution in [3.05, 3.63) is 30.1 Å². The van der Waals surface area contributed by atoms with Crippen molar-refractivity contribution in [2.75, 3.05) is 26.2 Å². The number of aromatic nitrogens is 1. The number of fused-ring (bicyclic) bond motifs is 1. The highest BCUT2D eigenvalue weighted by atomic mass is 15.3. The number of nitrogens with zero attached hydrogens (tertiary/aromatic N) is 4. The van der Waals surface area contributed by atoms with Gasteiger partial charge in [-0.25, -0.2) is 0 Å². The smallest absolute Gasteiger partial charge is 0.125 e. The average molecular weight is 242 g/mol. The minimum absolute atomic E-state index is 0.138. The molecule has 0 radical (unpaired) electrons. The summed E-state index contributed by atoms with van der Waals surface area (Å²) in [6.45, 7) is 4.35. The van der Waals surface area contributed by atoms with Gasteiger partial charge in [-0.2, -0.15) is 5.26 Å². The van der Waals surface area contributed by atoms with Crippen LogP contribution in [0.15, 0.2) is 24.5 Å². The van der Waals surface area contributed by atoms with Crippen LogP contribution in [0.4, 0.5) is 0 Å². The number of rotatable bonds is 2. The van der Waals surface area contributed by atoms with E-state index in [-0.39, 0.29) is 6.04 Å². The zero-order chi connectivity index (χ0) is 12.4.